The van der Waals surface area contributed by atoms with E-state index in [1.807, 2.05) is 39.8 Å². The molecule has 152 valence electrons. The molecule has 2 aromatic heterocycles. The van der Waals surface area contributed by atoms with E-state index in [0.29, 0.717) is 11.4 Å². The van der Waals surface area contributed by atoms with Gasteiger partial charge in [-0.15, -0.1) is 5.10 Å². The van der Waals surface area contributed by atoms with E-state index >= 15 is 0 Å². The van der Waals surface area contributed by atoms with Crippen molar-refractivity contribution >= 4 is 29.0 Å². The number of anilines is 1. The molecule has 1 atom stereocenters. The predicted octanol–water partition coefficient (Wildman–Crippen LogP) is 4.13. The molecule has 0 saturated carbocycles. The number of hydrogen-bond acceptors (Lipinski definition) is 6. The molecule has 8 heteroatoms. The van der Waals surface area contributed by atoms with E-state index in [1.165, 1.54) is 11.2 Å². The molecule has 0 spiro atoms. The van der Waals surface area contributed by atoms with Gasteiger partial charge in [0.05, 0.1) is 6.26 Å². The predicted molar refractivity (Wildman–Crippen MR) is 112 cm³/mol. The molecule has 2 heterocycles. The van der Waals surface area contributed by atoms with Crippen molar-refractivity contribution in [3.05, 3.63) is 65.1 Å². The number of hydrogen-bond donors (Lipinski definition) is 1. The highest BCUT2D eigenvalue weighted by atomic mass is 32.1. The third-order valence-corrected chi connectivity index (χ3v) is 5.28. The molecule has 0 saturated heterocycles. The van der Waals surface area contributed by atoms with Crippen LogP contribution in [0.1, 0.15) is 55.0 Å². The molecule has 0 unspecified atom stereocenters. The fourth-order valence-corrected chi connectivity index (χ4v) is 3.21. The summed E-state index contributed by atoms with van der Waals surface area (Å²) in [5, 5.41) is 8.50. The van der Waals surface area contributed by atoms with Crippen molar-refractivity contribution < 1.29 is 14.0 Å². The Morgan fingerprint density at radius 2 is 1.97 bits per heavy atom. The second kappa shape index (κ2) is 8.57. The van der Waals surface area contributed by atoms with Crippen molar-refractivity contribution in [2.45, 2.75) is 45.7 Å². The summed E-state index contributed by atoms with van der Waals surface area (Å²) in [5.41, 5.74) is 1.35. The fraction of sp³-hybridized carbons (Fsp3) is 0.333. The SMILES string of the molecule is CCC(C)(C)NC(=O)[C@H](c1ccco1)N(C(=O)c1csnn1)c1ccc(C)cc1. The summed E-state index contributed by atoms with van der Waals surface area (Å²) in [6, 6.07) is 9.79. The molecule has 0 bridgehead atoms. The second-order valence-corrected chi connectivity index (χ2v) is 8.06. The van der Waals surface area contributed by atoms with Crippen LogP contribution in [0.3, 0.4) is 0 Å². The van der Waals surface area contributed by atoms with E-state index in [4.69, 9.17) is 4.42 Å². The first-order chi connectivity index (χ1) is 13.8. The average Bonchev–Trinajstić information content (AvgIpc) is 3.40. The average molecular weight is 413 g/mol. The zero-order chi connectivity index (χ0) is 21.0. The van der Waals surface area contributed by atoms with Crippen LogP contribution in [0.2, 0.25) is 0 Å². The Bertz CT molecular complexity index is 950. The van der Waals surface area contributed by atoms with Crippen molar-refractivity contribution in [3.8, 4) is 0 Å². The quantitative estimate of drug-likeness (QED) is 0.630. The lowest BCUT2D eigenvalue weighted by Gasteiger charge is -2.33. The van der Waals surface area contributed by atoms with Crippen LogP contribution in [-0.2, 0) is 4.79 Å². The number of aryl methyl sites for hydroxylation is 1. The van der Waals surface area contributed by atoms with Crippen molar-refractivity contribution in [2.24, 2.45) is 0 Å². The van der Waals surface area contributed by atoms with Gasteiger partial charge in [-0.2, -0.15) is 0 Å². The molecule has 7 nitrogen and oxygen atoms in total. The highest BCUT2D eigenvalue weighted by molar-refractivity contribution is 7.03. The Morgan fingerprint density at radius 1 is 1.24 bits per heavy atom. The van der Waals surface area contributed by atoms with Crippen LogP contribution in [0, 0.1) is 6.92 Å². The van der Waals surface area contributed by atoms with Gasteiger partial charge in [0.25, 0.3) is 11.8 Å². The Morgan fingerprint density at radius 3 is 2.52 bits per heavy atom. The minimum absolute atomic E-state index is 0.176. The van der Waals surface area contributed by atoms with Crippen LogP contribution in [0.15, 0.2) is 52.5 Å². The van der Waals surface area contributed by atoms with Gasteiger partial charge in [0.1, 0.15) is 5.76 Å². The van der Waals surface area contributed by atoms with Gasteiger partial charge >= 0.3 is 0 Å². The standard InChI is InChI=1S/C21H24N4O3S/c1-5-21(3,4)22-19(26)18(17-7-6-12-28-17)25(15-10-8-14(2)9-11-15)20(27)16-13-29-24-23-16/h6-13,18H,5H2,1-4H3,(H,22,26)/t18-/m0/s1. The Kier molecular flexibility index (Phi) is 6.12. The van der Waals surface area contributed by atoms with Crippen molar-refractivity contribution in [3.63, 3.8) is 0 Å². The van der Waals surface area contributed by atoms with E-state index < -0.39 is 17.5 Å². The lowest BCUT2D eigenvalue weighted by Crippen LogP contribution is -2.50. The summed E-state index contributed by atoms with van der Waals surface area (Å²) in [6.07, 6.45) is 2.22. The molecule has 0 aliphatic rings. The van der Waals surface area contributed by atoms with Gasteiger partial charge in [-0.1, -0.05) is 29.1 Å². The van der Waals surface area contributed by atoms with E-state index in [-0.39, 0.29) is 11.6 Å². The summed E-state index contributed by atoms with van der Waals surface area (Å²) in [4.78, 5) is 28.2. The van der Waals surface area contributed by atoms with Crippen LogP contribution in [0.25, 0.3) is 0 Å². The van der Waals surface area contributed by atoms with Crippen LogP contribution < -0.4 is 10.2 Å². The van der Waals surface area contributed by atoms with Crippen molar-refractivity contribution in [1.82, 2.24) is 14.9 Å². The van der Waals surface area contributed by atoms with Crippen LogP contribution >= 0.6 is 11.5 Å². The number of benzene rings is 1. The molecule has 0 fully saturated rings. The molecule has 0 radical (unpaired) electrons. The number of nitrogens with zero attached hydrogens (tertiary/aromatic N) is 3. The van der Waals surface area contributed by atoms with Crippen molar-refractivity contribution in [2.75, 3.05) is 4.90 Å². The summed E-state index contributed by atoms with van der Waals surface area (Å²) < 4.78 is 9.36. The maximum Gasteiger partial charge on any atom is 0.280 e. The Balaban J connectivity index is 2.10. The minimum Gasteiger partial charge on any atom is -0.467 e. The van der Waals surface area contributed by atoms with Crippen LogP contribution in [0.4, 0.5) is 5.69 Å². The molecular formula is C21H24N4O3S. The zero-order valence-electron chi connectivity index (χ0n) is 16.9. The highest BCUT2D eigenvalue weighted by Crippen LogP contribution is 2.31. The second-order valence-electron chi connectivity index (χ2n) is 7.45. The maximum absolute atomic E-state index is 13.4. The van der Waals surface area contributed by atoms with Gasteiger partial charge < -0.3 is 9.73 Å². The number of nitrogens with one attached hydrogen (secondary N) is 1. The smallest absolute Gasteiger partial charge is 0.280 e. The molecule has 3 rings (SSSR count). The molecule has 29 heavy (non-hydrogen) atoms. The van der Waals surface area contributed by atoms with Crippen molar-refractivity contribution in [1.29, 1.82) is 0 Å². The molecular weight excluding hydrogens is 388 g/mol. The Labute approximate surface area is 173 Å². The third-order valence-electron chi connectivity index (χ3n) is 4.77. The topological polar surface area (TPSA) is 88.3 Å². The largest absolute Gasteiger partial charge is 0.467 e. The summed E-state index contributed by atoms with van der Waals surface area (Å²) >= 11 is 1.08. The molecule has 0 aliphatic carbocycles. The normalized spacial score (nSPS) is 12.4. The summed E-state index contributed by atoms with van der Waals surface area (Å²) in [7, 11) is 0. The monoisotopic (exact) mass is 412 g/mol. The van der Waals surface area contributed by atoms with Gasteiger partial charge in [0.15, 0.2) is 11.7 Å². The first kappa shape index (κ1) is 20.7. The molecule has 1 N–H and O–H groups in total. The molecule has 1 aromatic carbocycles. The number of amides is 2. The molecule has 2 amide bonds. The molecule has 0 aliphatic heterocycles. The number of carbonyl (C=O) groups excluding carboxylic acids is 2. The van der Waals surface area contributed by atoms with Gasteiger partial charge in [-0.3, -0.25) is 14.5 Å². The third kappa shape index (κ3) is 4.71. The number of furan rings is 1. The van der Waals surface area contributed by atoms with Crippen LogP contribution in [-0.4, -0.2) is 26.9 Å². The number of rotatable bonds is 7. The van der Waals surface area contributed by atoms with Gasteiger partial charge in [0, 0.05) is 16.6 Å². The lowest BCUT2D eigenvalue weighted by atomic mass is 10.0. The van der Waals surface area contributed by atoms with Crippen LogP contribution in [0.5, 0.6) is 0 Å². The zero-order valence-corrected chi connectivity index (χ0v) is 17.7. The maximum atomic E-state index is 13.4. The van der Waals surface area contributed by atoms with Gasteiger partial charge in [-0.05, 0) is 63.0 Å². The first-order valence-corrected chi connectivity index (χ1v) is 10.2. The van der Waals surface area contributed by atoms with E-state index in [9.17, 15) is 9.59 Å². The number of aromatic nitrogens is 2. The Hall–Kier alpha value is -3.00. The number of carbonyl (C=O) groups is 2. The van der Waals surface area contributed by atoms with Gasteiger partial charge in [-0.25, -0.2) is 0 Å². The fourth-order valence-electron chi connectivity index (χ4n) is 2.78. The van der Waals surface area contributed by atoms with E-state index in [2.05, 4.69) is 14.9 Å². The minimum atomic E-state index is -0.993. The summed E-state index contributed by atoms with van der Waals surface area (Å²) in [5.74, 6) is -0.385. The van der Waals surface area contributed by atoms with E-state index in [1.54, 1.807) is 29.6 Å². The first-order valence-electron chi connectivity index (χ1n) is 9.35. The summed E-state index contributed by atoms with van der Waals surface area (Å²) in [6.45, 7) is 7.83. The van der Waals surface area contributed by atoms with Gasteiger partial charge in [0.2, 0.25) is 0 Å². The lowest BCUT2D eigenvalue weighted by molar-refractivity contribution is -0.124. The molecule has 3 aromatic rings. The van der Waals surface area contributed by atoms with E-state index in [0.717, 1.165) is 23.5 Å². The highest BCUT2D eigenvalue weighted by Gasteiger charge is 2.37.